The van der Waals surface area contributed by atoms with E-state index in [4.69, 9.17) is 4.74 Å². The average Bonchev–Trinajstić information content (AvgIpc) is 2.34. The molecular weight excluding hydrogens is 250 g/mol. The van der Waals surface area contributed by atoms with Crippen LogP contribution < -0.4 is 10.1 Å². The van der Waals surface area contributed by atoms with Crippen LogP contribution in [0.1, 0.15) is 33.3 Å². The van der Waals surface area contributed by atoms with Crippen LogP contribution in [0.15, 0.2) is 29.3 Å². The number of aliphatic imine (C=N–C) groups is 1. The van der Waals surface area contributed by atoms with Crippen LogP contribution in [0.4, 0.5) is 0 Å². The lowest BCUT2D eigenvalue weighted by molar-refractivity contribution is 0.129. The summed E-state index contributed by atoms with van der Waals surface area (Å²) in [6.07, 6.45) is 0. The van der Waals surface area contributed by atoms with Gasteiger partial charge in [0.1, 0.15) is 11.4 Å². The topological polar surface area (TPSA) is 36.9 Å². The van der Waals surface area contributed by atoms with Gasteiger partial charge in [0, 0.05) is 26.2 Å². The number of rotatable bonds is 4. The number of para-hydroxylation sites is 1. The van der Waals surface area contributed by atoms with Gasteiger partial charge in [-0.2, -0.15) is 0 Å². The summed E-state index contributed by atoms with van der Waals surface area (Å²) in [6, 6.07) is 8.07. The summed E-state index contributed by atoms with van der Waals surface area (Å²) in [6.45, 7) is 9.68. The zero-order valence-electron chi connectivity index (χ0n) is 13.5. The zero-order valence-corrected chi connectivity index (χ0v) is 13.5. The van der Waals surface area contributed by atoms with Crippen molar-refractivity contribution in [3.63, 3.8) is 0 Å². The SMILES string of the molecule is CCNC(=NCc1ccccc1OC(C)(C)C)N(C)C. The third-order valence-electron chi connectivity index (χ3n) is 2.55. The maximum absolute atomic E-state index is 5.98. The third-order valence-corrected chi connectivity index (χ3v) is 2.55. The lowest BCUT2D eigenvalue weighted by Gasteiger charge is -2.23. The van der Waals surface area contributed by atoms with Gasteiger partial charge >= 0.3 is 0 Å². The number of benzene rings is 1. The molecule has 1 aromatic carbocycles. The largest absolute Gasteiger partial charge is 0.488 e. The maximum atomic E-state index is 5.98. The van der Waals surface area contributed by atoms with E-state index in [1.54, 1.807) is 0 Å². The molecule has 0 heterocycles. The zero-order chi connectivity index (χ0) is 15.2. The highest BCUT2D eigenvalue weighted by atomic mass is 16.5. The van der Waals surface area contributed by atoms with E-state index in [9.17, 15) is 0 Å². The van der Waals surface area contributed by atoms with Crippen LogP contribution in [-0.4, -0.2) is 37.1 Å². The van der Waals surface area contributed by atoms with Crippen molar-refractivity contribution in [1.29, 1.82) is 0 Å². The number of hydrogen-bond acceptors (Lipinski definition) is 2. The molecule has 1 rings (SSSR count). The molecule has 0 saturated heterocycles. The van der Waals surface area contributed by atoms with E-state index in [1.165, 1.54) is 0 Å². The highest BCUT2D eigenvalue weighted by Crippen LogP contribution is 2.23. The molecule has 0 saturated carbocycles. The summed E-state index contributed by atoms with van der Waals surface area (Å²) >= 11 is 0. The van der Waals surface area contributed by atoms with Gasteiger partial charge in [-0.3, -0.25) is 0 Å². The summed E-state index contributed by atoms with van der Waals surface area (Å²) < 4.78 is 5.98. The van der Waals surface area contributed by atoms with Crippen molar-refractivity contribution in [2.75, 3.05) is 20.6 Å². The van der Waals surface area contributed by atoms with Gasteiger partial charge in [-0.05, 0) is 33.8 Å². The quantitative estimate of drug-likeness (QED) is 0.679. The van der Waals surface area contributed by atoms with Gasteiger partial charge in [-0.25, -0.2) is 4.99 Å². The molecule has 0 aliphatic carbocycles. The fourth-order valence-corrected chi connectivity index (χ4v) is 1.74. The standard InChI is InChI=1S/C16H27N3O/c1-7-17-15(19(5)6)18-12-13-10-8-9-11-14(13)20-16(2,3)4/h8-11H,7,12H2,1-6H3,(H,17,18). The normalized spacial score (nSPS) is 12.2. The van der Waals surface area contributed by atoms with Gasteiger partial charge < -0.3 is 15.0 Å². The predicted octanol–water partition coefficient (Wildman–Crippen LogP) is 2.89. The lowest BCUT2D eigenvalue weighted by Crippen LogP contribution is -2.36. The summed E-state index contributed by atoms with van der Waals surface area (Å²) in [7, 11) is 3.97. The van der Waals surface area contributed by atoms with Crippen molar-refractivity contribution in [1.82, 2.24) is 10.2 Å². The van der Waals surface area contributed by atoms with Gasteiger partial charge in [-0.1, -0.05) is 18.2 Å². The Bertz CT molecular complexity index is 447. The van der Waals surface area contributed by atoms with Gasteiger partial charge in [0.25, 0.3) is 0 Å². The molecule has 0 amide bonds. The van der Waals surface area contributed by atoms with Crippen molar-refractivity contribution >= 4 is 5.96 Å². The van der Waals surface area contributed by atoms with E-state index in [-0.39, 0.29) is 5.60 Å². The van der Waals surface area contributed by atoms with Crippen LogP contribution in [0.25, 0.3) is 0 Å². The summed E-state index contributed by atoms with van der Waals surface area (Å²) in [5, 5.41) is 3.26. The first-order valence-electron chi connectivity index (χ1n) is 7.06. The van der Waals surface area contributed by atoms with E-state index < -0.39 is 0 Å². The molecule has 0 spiro atoms. The van der Waals surface area contributed by atoms with Crippen LogP contribution in [0, 0.1) is 0 Å². The van der Waals surface area contributed by atoms with Gasteiger partial charge in [0.15, 0.2) is 5.96 Å². The Kier molecular flexibility index (Phi) is 5.86. The fourth-order valence-electron chi connectivity index (χ4n) is 1.74. The molecule has 0 radical (unpaired) electrons. The highest BCUT2D eigenvalue weighted by molar-refractivity contribution is 5.79. The number of ether oxygens (including phenoxy) is 1. The molecule has 20 heavy (non-hydrogen) atoms. The predicted molar refractivity (Wildman–Crippen MR) is 85.3 cm³/mol. The van der Waals surface area contributed by atoms with Crippen molar-refractivity contribution in [2.24, 2.45) is 4.99 Å². The monoisotopic (exact) mass is 277 g/mol. The molecule has 0 aliphatic heterocycles. The second-order valence-corrected chi connectivity index (χ2v) is 5.89. The molecule has 4 heteroatoms. The highest BCUT2D eigenvalue weighted by Gasteiger charge is 2.14. The Morgan fingerprint density at radius 2 is 1.90 bits per heavy atom. The summed E-state index contributed by atoms with van der Waals surface area (Å²) in [4.78, 5) is 6.61. The molecule has 0 aliphatic rings. The average molecular weight is 277 g/mol. The van der Waals surface area contributed by atoms with E-state index in [1.807, 2.05) is 37.2 Å². The van der Waals surface area contributed by atoms with Crippen LogP contribution in [0.3, 0.4) is 0 Å². The van der Waals surface area contributed by atoms with Gasteiger partial charge in [0.05, 0.1) is 6.54 Å². The van der Waals surface area contributed by atoms with Crippen LogP contribution in [0.2, 0.25) is 0 Å². The third kappa shape index (κ3) is 5.51. The molecule has 1 N–H and O–H groups in total. The van der Waals surface area contributed by atoms with Crippen LogP contribution in [0.5, 0.6) is 5.75 Å². The number of hydrogen-bond donors (Lipinski definition) is 1. The Morgan fingerprint density at radius 1 is 1.25 bits per heavy atom. The molecule has 112 valence electrons. The van der Waals surface area contributed by atoms with Crippen molar-refractivity contribution in [2.45, 2.75) is 39.8 Å². The fraction of sp³-hybridized carbons (Fsp3) is 0.562. The van der Waals surface area contributed by atoms with Gasteiger partial charge in [-0.15, -0.1) is 0 Å². The minimum atomic E-state index is -0.203. The molecular formula is C16H27N3O. The molecule has 0 aromatic heterocycles. The Morgan fingerprint density at radius 3 is 2.45 bits per heavy atom. The first-order valence-corrected chi connectivity index (χ1v) is 7.06. The molecule has 4 nitrogen and oxygen atoms in total. The minimum Gasteiger partial charge on any atom is -0.488 e. The number of guanidine groups is 1. The van der Waals surface area contributed by atoms with Crippen LogP contribution in [-0.2, 0) is 6.54 Å². The Labute approximate surface area is 122 Å². The smallest absolute Gasteiger partial charge is 0.193 e. The van der Waals surface area contributed by atoms with Crippen LogP contribution >= 0.6 is 0 Å². The van der Waals surface area contributed by atoms with E-state index >= 15 is 0 Å². The number of nitrogens with zero attached hydrogens (tertiary/aromatic N) is 2. The molecule has 1 aromatic rings. The van der Waals surface area contributed by atoms with Crippen molar-refractivity contribution < 1.29 is 4.74 Å². The summed E-state index contributed by atoms with van der Waals surface area (Å²) in [5.41, 5.74) is 0.894. The first kappa shape index (κ1) is 16.3. The van der Waals surface area contributed by atoms with E-state index in [0.29, 0.717) is 6.54 Å². The lowest BCUT2D eigenvalue weighted by atomic mass is 10.1. The van der Waals surface area contributed by atoms with Crippen molar-refractivity contribution in [3.8, 4) is 5.75 Å². The Hall–Kier alpha value is -1.71. The molecule has 0 bridgehead atoms. The minimum absolute atomic E-state index is 0.203. The maximum Gasteiger partial charge on any atom is 0.193 e. The first-order chi connectivity index (χ1) is 9.33. The van der Waals surface area contributed by atoms with E-state index in [0.717, 1.165) is 23.8 Å². The molecule has 0 atom stereocenters. The van der Waals surface area contributed by atoms with E-state index in [2.05, 4.69) is 44.1 Å². The summed E-state index contributed by atoms with van der Waals surface area (Å²) in [5.74, 6) is 1.79. The molecule has 0 fully saturated rings. The van der Waals surface area contributed by atoms with Gasteiger partial charge in [0.2, 0.25) is 0 Å². The molecule has 0 unspecified atom stereocenters. The second-order valence-electron chi connectivity index (χ2n) is 5.89. The van der Waals surface area contributed by atoms with Crippen molar-refractivity contribution in [3.05, 3.63) is 29.8 Å². The second kappa shape index (κ2) is 7.17. The number of nitrogens with one attached hydrogen (secondary N) is 1. The Balaban J connectivity index is 2.89.